The first-order chi connectivity index (χ1) is 11.1. The minimum atomic E-state index is -0.874. The number of benzene rings is 1. The Morgan fingerprint density at radius 1 is 1.26 bits per heavy atom. The smallest absolute Gasteiger partial charge is 0.314 e. The van der Waals surface area contributed by atoms with E-state index in [1.165, 1.54) is 0 Å². The maximum atomic E-state index is 12.5. The van der Waals surface area contributed by atoms with Gasteiger partial charge >= 0.3 is 5.97 Å². The van der Waals surface area contributed by atoms with Gasteiger partial charge in [-0.25, -0.2) is 0 Å². The zero-order chi connectivity index (χ0) is 16.4. The number of rotatable bonds is 5. The summed E-state index contributed by atoms with van der Waals surface area (Å²) < 4.78 is 5.48. The Balaban J connectivity index is 1.67. The number of amides is 1. The number of carboxylic acids is 1. The van der Waals surface area contributed by atoms with E-state index in [0.717, 1.165) is 12.0 Å². The van der Waals surface area contributed by atoms with Gasteiger partial charge in [0.2, 0.25) is 5.91 Å². The summed E-state index contributed by atoms with van der Waals surface area (Å²) in [5.41, 5.74) is -0.0424. The molecule has 0 bridgehead atoms. The fourth-order valence-electron chi connectivity index (χ4n) is 3.56. The van der Waals surface area contributed by atoms with Crippen LogP contribution in [0.3, 0.4) is 0 Å². The number of carbonyl (C=O) groups excluding carboxylic acids is 1. The summed E-state index contributed by atoms with van der Waals surface area (Å²) in [5, 5.41) is 9.78. The average molecular weight is 317 g/mol. The molecule has 1 aliphatic carbocycles. The van der Waals surface area contributed by atoms with Crippen molar-refractivity contribution >= 4 is 11.9 Å². The third-order valence-corrected chi connectivity index (χ3v) is 5.09. The van der Waals surface area contributed by atoms with Crippen molar-refractivity contribution in [2.24, 2.45) is 5.92 Å². The van der Waals surface area contributed by atoms with Gasteiger partial charge in [0.05, 0.1) is 17.4 Å². The molecule has 124 valence electrons. The van der Waals surface area contributed by atoms with E-state index in [9.17, 15) is 14.7 Å². The van der Waals surface area contributed by atoms with Gasteiger partial charge < -0.3 is 14.7 Å². The van der Waals surface area contributed by atoms with Gasteiger partial charge in [0, 0.05) is 19.7 Å². The molecule has 1 saturated heterocycles. The molecule has 0 unspecified atom stereocenters. The Morgan fingerprint density at radius 2 is 1.91 bits per heavy atom. The third-order valence-electron chi connectivity index (χ3n) is 5.09. The van der Waals surface area contributed by atoms with Gasteiger partial charge in [0.25, 0.3) is 0 Å². The molecule has 0 spiro atoms. The van der Waals surface area contributed by atoms with E-state index >= 15 is 0 Å². The van der Waals surface area contributed by atoms with Crippen LogP contribution in [0, 0.1) is 5.92 Å². The molecule has 1 heterocycles. The predicted octanol–water partition coefficient (Wildman–Crippen LogP) is 2.06. The summed E-state index contributed by atoms with van der Waals surface area (Å²) in [5.74, 6) is -0.700. The second-order valence-corrected chi connectivity index (χ2v) is 6.41. The lowest BCUT2D eigenvalue weighted by molar-refractivity contribution is -0.148. The molecular formula is C18H23NO4. The molecule has 1 aliphatic heterocycles. The number of hydrogen-bond acceptors (Lipinski definition) is 3. The molecule has 1 N–H and O–H groups in total. The highest BCUT2D eigenvalue weighted by atomic mass is 16.5. The van der Waals surface area contributed by atoms with Gasteiger partial charge in [-0.05, 0) is 31.7 Å². The second-order valence-electron chi connectivity index (χ2n) is 6.41. The highest BCUT2D eigenvalue weighted by Gasteiger charge is 2.49. The van der Waals surface area contributed by atoms with Crippen LogP contribution in [0.2, 0.25) is 0 Å². The third kappa shape index (κ3) is 2.98. The zero-order valence-electron chi connectivity index (χ0n) is 13.4. The quantitative estimate of drug-likeness (QED) is 0.902. The van der Waals surface area contributed by atoms with Crippen molar-refractivity contribution in [3.05, 3.63) is 35.9 Å². The monoisotopic (exact) mass is 317 g/mol. The lowest BCUT2D eigenvalue weighted by atomic mass is 9.73. The van der Waals surface area contributed by atoms with Crippen LogP contribution >= 0.6 is 0 Å². The Morgan fingerprint density at radius 3 is 2.48 bits per heavy atom. The lowest BCUT2D eigenvalue weighted by Gasteiger charge is -2.39. The Labute approximate surface area is 136 Å². The van der Waals surface area contributed by atoms with E-state index < -0.39 is 11.4 Å². The molecule has 3 rings (SSSR count). The number of aliphatic carboxylic acids is 1. The molecule has 1 amide bonds. The number of carbonyl (C=O) groups is 2. The summed E-state index contributed by atoms with van der Waals surface area (Å²) in [6.07, 6.45) is 1.79. The van der Waals surface area contributed by atoms with Gasteiger partial charge in [0.1, 0.15) is 0 Å². The summed E-state index contributed by atoms with van der Waals surface area (Å²) >= 11 is 0. The van der Waals surface area contributed by atoms with Crippen molar-refractivity contribution in [2.45, 2.75) is 37.7 Å². The van der Waals surface area contributed by atoms with Crippen LogP contribution in [0.15, 0.2) is 30.3 Å². The van der Waals surface area contributed by atoms with E-state index in [1.54, 1.807) is 0 Å². The van der Waals surface area contributed by atoms with E-state index in [-0.39, 0.29) is 17.9 Å². The number of carboxylic acid groups (broad SMARTS) is 1. The minimum Gasteiger partial charge on any atom is -0.481 e. The average Bonchev–Trinajstić information content (AvgIpc) is 3.34. The molecular weight excluding hydrogens is 294 g/mol. The molecule has 2 aliphatic rings. The number of hydrogen-bond donors (Lipinski definition) is 1. The van der Waals surface area contributed by atoms with Crippen molar-refractivity contribution in [1.29, 1.82) is 0 Å². The van der Waals surface area contributed by atoms with Gasteiger partial charge in [-0.3, -0.25) is 9.59 Å². The van der Waals surface area contributed by atoms with Crippen LogP contribution in [-0.4, -0.2) is 47.7 Å². The van der Waals surface area contributed by atoms with E-state index in [0.29, 0.717) is 32.5 Å². The SMILES string of the molecule is CCO[C@H]1C[C@H]1C(=O)N1CCC(C(=O)O)(c2ccccc2)CC1. The standard InChI is InChI=1S/C18H23NO4/c1-2-23-15-12-14(15)16(20)19-10-8-18(9-11-19,17(21)22)13-6-4-3-5-7-13/h3-7,14-15H,2,8-12H2,1H3,(H,21,22)/t14-,15+/m1/s1. The first-order valence-corrected chi connectivity index (χ1v) is 8.28. The van der Waals surface area contributed by atoms with Crippen molar-refractivity contribution < 1.29 is 19.4 Å². The molecule has 23 heavy (non-hydrogen) atoms. The molecule has 0 radical (unpaired) electrons. The molecule has 2 fully saturated rings. The van der Waals surface area contributed by atoms with Crippen molar-refractivity contribution in [3.8, 4) is 0 Å². The molecule has 0 aromatic heterocycles. The van der Waals surface area contributed by atoms with Gasteiger partial charge in [-0.2, -0.15) is 0 Å². The second kappa shape index (κ2) is 6.32. The summed E-state index contributed by atoms with van der Waals surface area (Å²) in [6.45, 7) is 3.55. The minimum absolute atomic E-state index is 0.0241. The van der Waals surface area contributed by atoms with Crippen LogP contribution in [0.1, 0.15) is 31.7 Å². The summed E-state index contributed by atoms with van der Waals surface area (Å²) in [6, 6.07) is 9.37. The predicted molar refractivity (Wildman–Crippen MR) is 85.1 cm³/mol. The lowest BCUT2D eigenvalue weighted by Crippen LogP contribution is -2.49. The van der Waals surface area contributed by atoms with Crippen LogP contribution in [0.25, 0.3) is 0 Å². The molecule has 1 saturated carbocycles. The fourth-order valence-corrected chi connectivity index (χ4v) is 3.56. The molecule has 2 atom stereocenters. The Kier molecular flexibility index (Phi) is 4.39. The van der Waals surface area contributed by atoms with E-state index in [4.69, 9.17) is 4.74 Å². The summed E-state index contributed by atoms with van der Waals surface area (Å²) in [4.78, 5) is 26.2. The molecule has 5 heteroatoms. The van der Waals surface area contributed by atoms with Crippen LogP contribution in [0.5, 0.6) is 0 Å². The van der Waals surface area contributed by atoms with Crippen LogP contribution in [-0.2, 0) is 19.7 Å². The number of likely N-dealkylation sites (tertiary alicyclic amines) is 1. The Bertz CT molecular complexity index is 578. The van der Waals surface area contributed by atoms with Crippen LogP contribution < -0.4 is 0 Å². The zero-order valence-corrected chi connectivity index (χ0v) is 13.4. The molecule has 1 aromatic carbocycles. The van der Waals surface area contributed by atoms with E-state index in [1.807, 2.05) is 42.2 Å². The highest BCUT2D eigenvalue weighted by molar-refractivity contribution is 5.84. The Hall–Kier alpha value is -1.88. The number of ether oxygens (including phenoxy) is 1. The molecule has 5 nitrogen and oxygen atoms in total. The fraction of sp³-hybridized carbons (Fsp3) is 0.556. The topological polar surface area (TPSA) is 66.8 Å². The van der Waals surface area contributed by atoms with Crippen molar-refractivity contribution in [2.75, 3.05) is 19.7 Å². The van der Waals surface area contributed by atoms with Crippen LogP contribution in [0.4, 0.5) is 0 Å². The normalized spacial score (nSPS) is 25.9. The van der Waals surface area contributed by atoms with Gasteiger partial charge in [0.15, 0.2) is 0 Å². The van der Waals surface area contributed by atoms with Gasteiger partial charge in [-0.15, -0.1) is 0 Å². The van der Waals surface area contributed by atoms with Gasteiger partial charge in [-0.1, -0.05) is 30.3 Å². The number of nitrogens with zero attached hydrogens (tertiary/aromatic N) is 1. The first-order valence-electron chi connectivity index (χ1n) is 8.28. The maximum Gasteiger partial charge on any atom is 0.314 e. The van der Waals surface area contributed by atoms with E-state index in [2.05, 4.69) is 0 Å². The maximum absolute atomic E-state index is 12.5. The highest BCUT2D eigenvalue weighted by Crippen LogP contribution is 2.39. The number of piperidine rings is 1. The van der Waals surface area contributed by atoms with Crippen molar-refractivity contribution in [1.82, 2.24) is 4.90 Å². The summed E-state index contributed by atoms with van der Waals surface area (Å²) in [7, 11) is 0. The first kappa shape index (κ1) is 16.0. The molecule has 1 aromatic rings. The van der Waals surface area contributed by atoms with Crippen molar-refractivity contribution in [3.63, 3.8) is 0 Å². The largest absolute Gasteiger partial charge is 0.481 e.